The average molecular weight is 277 g/mol. The number of hydrogen-bond acceptors (Lipinski definition) is 2. The maximum Gasteiger partial charge on any atom is 0.223 e. The molecule has 1 aliphatic rings. The van der Waals surface area contributed by atoms with Crippen LogP contribution in [-0.2, 0) is 4.79 Å². The van der Waals surface area contributed by atoms with E-state index in [0.717, 1.165) is 25.3 Å². The first kappa shape index (κ1) is 17.7. The van der Waals surface area contributed by atoms with Crippen molar-refractivity contribution in [2.45, 2.75) is 52.4 Å². The minimum absolute atomic E-state index is 0. The smallest absolute Gasteiger partial charge is 0.223 e. The average Bonchev–Trinajstić information content (AvgIpc) is 2.85. The zero-order valence-electron chi connectivity index (χ0n) is 11.8. The van der Waals surface area contributed by atoms with Crippen LogP contribution in [0.5, 0.6) is 0 Å². The predicted octanol–water partition coefficient (Wildman–Crippen LogP) is 2.73. The summed E-state index contributed by atoms with van der Waals surface area (Å²) >= 11 is 0. The zero-order valence-corrected chi connectivity index (χ0v) is 12.6. The topological polar surface area (TPSA) is 55.1 Å². The van der Waals surface area contributed by atoms with Crippen molar-refractivity contribution in [3.63, 3.8) is 0 Å². The van der Waals surface area contributed by atoms with Gasteiger partial charge in [0.25, 0.3) is 0 Å². The molecule has 0 bridgehead atoms. The number of nitrogens with one attached hydrogen (secondary N) is 1. The van der Waals surface area contributed by atoms with Crippen molar-refractivity contribution in [1.82, 2.24) is 5.32 Å². The van der Waals surface area contributed by atoms with Crippen LogP contribution in [0.4, 0.5) is 0 Å². The molecule has 18 heavy (non-hydrogen) atoms. The summed E-state index contributed by atoms with van der Waals surface area (Å²) in [7, 11) is 0. The third-order valence-corrected chi connectivity index (χ3v) is 3.98. The van der Waals surface area contributed by atoms with Gasteiger partial charge in [-0.3, -0.25) is 4.79 Å². The molecule has 108 valence electrons. The molecular weight excluding hydrogens is 248 g/mol. The molecule has 2 unspecified atom stereocenters. The summed E-state index contributed by atoms with van der Waals surface area (Å²) in [5.74, 6) is 1.61. The lowest BCUT2D eigenvalue weighted by Gasteiger charge is -2.19. The highest BCUT2D eigenvalue weighted by Crippen LogP contribution is 2.31. The van der Waals surface area contributed by atoms with E-state index in [1.54, 1.807) is 0 Å². The molecule has 1 aliphatic carbocycles. The zero-order chi connectivity index (χ0) is 12.7. The minimum Gasteiger partial charge on any atom is -0.356 e. The number of nitrogens with two attached hydrogens (primary N) is 1. The third-order valence-electron chi connectivity index (χ3n) is 3.98. The Kier molecular flexibility index (Phi) is 9.47. The summed E-state index contributed by atoms with van der Waals surface area (Å²) < 4.78 is 0. The Morgan fingerprint density at radius 2 is 2.00 bits per heavy atom. The van der Waals surface area contributed by atoms with E-state index in [4.69, 9.17) is 5.73 Å². The number of amides is 1. The van der Waals surface area contributed by atoms with Crippen LogP contribution in [0.2, 0.25) is 0 Å². The molecule has 1 amide bonds. The molecule has 0 spiro atoms. The lowest BCUT2D eigenvalue weighted by Crippen LogP contribution is -2.36. The highest BCUT2D eigenvalue weighted by atomic mass is 35.5. The Balaban J connectivity index is 0.00000289. The summed E-state index contributed by atoms with van der Waals surface area (Å²) in [6, 6.07) is 0. The van der Waals surface area contributed by atoms with Crippen LogP contribution in [-0.4, -0.2) is 19.0 Å². The second kappa shape index (κ2) is 9.62. The van der Waals surface area contributed by atoms with Crippen LogP contribution in [0.3, 0.4) is 0 Å². The first-order chi connectivity index (χ1) is 8.17. The molecule has 0 aromatic heterocycles. The molecule has 1 fully saturated rings. The second-order valence-corrected chi connectivity index (χ2v) is 5.58. The molecule has 0 aliphatic heterocycles. The van der Waals surface area contributed by atoms with Gasteiger partial charge in [-0.25, -0.2) is 0 Å². The van der Waals surface area contributed by atoms with Crippen LogP contribution in [0.25, 0.3) is 0 Å². The minimum atomic E-state index is 0. The van der Waals surface area contributed by atoms with Crippen LogP contribution < -0.4 is 11.1 Å². The van der Waals surface area contributed by atoms with Crippen molar-refractivity contribution >= 4 is 18.3 Å². The molecule has 1 saturated carbocycles. The van der Waals surface area contributed by atoms with Gasteiger partial charge < -0.3 is 11.1 Å². The first-order valence-corrected chi connectivity index (χ1v) is 7.15. The predicted molar refractivity (Wildman–Crippen MR) is 78.8 cm³/mol. The fourth-order valence-electron chi connectivity index (χ4n) is 2.61. The van der Waals surface area contributed by atoms with E-state index in [1.165, 1.54) is 25.7 Å². The first-order valence-electron chi connectivity index (χ1n) is 7.15. The largest absolute Gasteiger partial charge is 0.356 e. The normalized spacial score (nSPS) is 19.1. The maximum absolute atomic E-state index is 12.0. The van der Waals surface area contributed by atoms with E-state index in [-0.39, 0.29) is 24.2 Å². The van der Waals surface area contributed by atoms with Crippen molar-refractivity contribution in [2.24, 2.45) is 23.5 Å². The van der Waals surface area contributed by atoms with Crippen LogP contribution >= 0.6 is 12.4 Å². The molecule has 1 rings (SSSR count). The Morgan fingerprint density at radius 1 is 1.39 bits per heavy atom. The molecule has 3 N–H and O–H groups in total. The van der Waals surface area contributed by atoms with Gasteiger partial charge in [0.1, 0.15) is 0 Å². The van der Waals surface area contributed by atoms with Crippen LogP contribution in [0.1, 0.15) is 52.4 Å². The molecular formula is C14H29ClN2O. The Morgan fingerprint density at radius 3 is 2.50 bits per heavy atom. The molecule has 0 aromatic carbocycles. The van der Waals surface area contributed by atoms with Crippen molar-refractivity contribution in [3.05, 3.63) is 0 Å². The molecule has 0 heterocycles. The number of carbonyl (C=O) groups is 1. The summed E-state index contributed by atoms with van der Waals surface area (Å²) in [6.45, 7) is 5.54. The van der Waals surface area contributed by atoms with Crippen molar-refractivity contribution in [2.75, 3.05) is 13.1 Å². The molecule has 4 heteroatoms. The Hall–Kier alpha value is -0.280. The van der Waals surface area contributed by atoms with Gasteiger partial charge >= 0.3 is 0 Å². The van der Waals surface area contributed by atoms with E-state index in [2.05, 4.69) is 19.2 Å². The molecule has 3 nitrogen and oxygen atoms in total. The molecule has 0 radical (unpaired) electrons. The van der Waals surface area contributed by atoms with Gasteiger partial charge in [-0.2, -0.15) is 0 Å². The quantitative estimate of drug-likeness (QED) is 0.751. The lowest BCUT2D eigenvalue weighted by molar-refractivity contribution is -0.125. The van der Waals surface area contributed by atoms with Crippen LogP contribution in [0.15, 0.2) is 0 Å². The Labute approximate surface area is 118 Å². The van der Waals surface area contributed by atoms with Gasteiger partial charge in [-0.1, -0.05) is 39.5 Å². The maximum atomic E-state index is 12.0. The van der Waals surface area contributed by atoms with Gasteiger partial charge in [-0.05, 0) is 31.2 Å². The summed E-state index contributed by atoms with van der Waals surface area (Å²) in [4.78, 5) is 12.0. The number of halogens is 1. The van der Waals surface area contributed by atoms with Crippen LogP contribution in [0, 0.1) is 17.8 Å². The van der Waals surface area contributed by atoms with Gasteiger partial charge in [-0.15, -0.1) is 12.4 Å². The van der Waals surface area contributed by atoms with E-state index in [0.29, 0.717) is 12.5 Å². The standard InChI is InChI=1S/C14H28N2O.ClH/c1-3-13(8-12-6-4-5-7-12)14(17)16-10-11(2)9-15;/h11-13H,3-10,15H2,1-2H3,(H,16,17);1H. The monoisotopic (exact) mass is 276 g/mol. The van der Waals surface area contributed by atoms with Gasteiger partial charge in [0.2, 0.25) is 5.91 Å². The second-order valence-electron chi connectivity index (χ2n) is 5.58. The fraction of sp³-hybridized carbons (Fsp3) is 0.929. The number of carbonyl (C=O) groups excluding carboxylic acids is 1. The highest BCUT2D eigenvalue weighted by molar-refractivity contribution is 5.85. The van der Waals surface area contributed by atoms with Gasteiger partial charge in [0, 0.05) is 12.5 Å². The lowest BCUT2D eigenvalue weighted by atomic mass is 9.90. The Bertz CT molecular complexity index is 230. The summed E-state index contributed by atoms with van der Waals surface area (Å²) in [6.07, 6.45) is 7.39. The number of rotatable bonds is 7. The van der Waals surface area contributed by atoms with Crippen molar-refractivity contribution in [3.8, 4) is 0 Å². The summed E-state index contributed by atoms with van der Waals surface area (Å²) in [5, 5.41) is 3.04. The third kappa shape index (κ3) is 6.05. The summed E-state index contributed by atoms with van der Waals surface area (Å²) in [5.41, 5.74) is 5.55. The van der Waals surface area contributed by atoms with E-state index in [9.17, 15) is 4.79 Å². The van der Waals surface area contributed by atoms with Crippen molar-refractivity contribution in [1.29, 1.82) is 0 Å². The van der Waals surface area contributed by atoms with Crippen molar-refractivity contribution < 1.29 is 4.79 Å². The van der Waals surface area contributed by atoms with E-state index < -0.39 is 0 Å². The fourth-order valence-corrected chi connectivity index (χ4v) is 2.61. The van der Waals surface area contributed by atoms with E-state index >= 15 is 0 Å². The van der Waals surface area contributed by atoms with Gasteiger partial charge in [0.15, 0.2) is 0 Å². The molecule has 0 aromatic rings. The number of hydrogen-bond donors (Lipinski definition) is 2. The SMILES string of the molecule is CCC(CC1CCCC1)C(=O)NCC(C)CN.Cl. The highest BCUT2D eigenvalue weighted by Gasteiger charge is 2.23. The molecule has 0 saturated heterocycles. The van der Waals surface area contributed by atoms with E-state index in [1.807, 2.05) is 0 Å². The van der Waals surface area contributed by atoms with Gasteiger partial charge in [0.05, 0.1) is 0 Å². The molecule has 2 atom stereocenters.